The largest absolute Gasteiger partial charge is 0.355 e. The van der Waals surface area contributed by atoms with Crippen LogP contribution < -0.4 is 5.32 Å². The predicted molar refractivity (Wildman–Crippen MR) is 172 cm³/mol. The summed E-state index contributed by atoms with van der Waals surface area (Å²) < 4.78 is 68.4. The van der Waals surface area contributed by atoms with Gasteiger partial charge in [0.2, 0.25) is 0 Å². The van der Waals surface area contributed by atoms with Crippen LogP contribution in [0.15, 0.2) is 152 Å². The second kappa shape index (κ2) is 12.0. The molecule has 0 amide bonds. The van der Waals surface area contributed by atoms with Crippen LogP contribution in [0.3, 0.4) is 0 Å². The van der Waals surface area contributed by atoms with Gasteiger partial charge in [-0.1, -0.05) is 54.6 Å². The van der Waals surface area contributed by atoms with E-state index in [9.17, 15) is 25.9 Å². The number of nitrogens with zero attached hydrogens (tertiary/aromatic N) is 4. The second-order valence-corrected chi connectivity index (χ2v) is 12.6. The van der Waals surface area contributed by atoms with Gasteiger partial charge in [-0.3, -0.25) is 9.11 Å². The molecular weight excluding hydrogens is 615 g/mol. The van der Waals surface area contributed by atoms with Gasteiger partial charge < -0.3 is 5.32 Å². The van der Waals surface area contributed by atoms with Crippen LogP contribution in [0.1, 0.15) is 0 Å². The van der Waals surface area contributed by atoms with E-state index in [1.807, 2.05) is 48.5 Å². The lowest BCUT2D eigenvalue weighted by Gasteiger charge is -2.14. The maximum absolute atomic E-state index is 12.4. The maximum atomic E-state index is 12.4. The van der Waals surface area contributed by atoms with Crippen molar-refractivity contribution >= 4 is 75.9 Å². The highest BCUT2D eigenvalue weighted by Crippen LogP contribution is 2.40. The summed E-state index contributed by atoms with van der Waals surface area (Å²) in [6.07, 6.45) is 0. The third-order valence-electron chi connectivity index (χ3n) is 6.84. The van der Waals surface area contributed by atoms with E-state index in [0.29, 0.717) is 38.9 Å². The lowest BCUT2D eigenvalue weighted by atomic mass is 10.1. The zero-order chi connectivity index (χ0) is 31.6. The van der Waals surface area contributed by atoms with Crippen molar-refractivity contribution in [3.05, 3.63) is 121 Å². The molecule has 11 nitrogen and oxygen atoms in total. The summed E-state index contributed by atoms with van der Waals surface area (Å²) in [5.41, 5.74) is 2.68. The van der Waals surface area contributed by atoms with E-state index in [0.717, 1.165) is 0 Å². The predicted octanol–water partition coefficient (Wildman–Crippen LogP) is 9.06. The molecule has 0 saturated carbocycles. The van der Waals surface area contributed by atoms with Crippen molar-refractivity contribution in [3.8, 4) is 0 Å². The molecule has 0 aromatic heterocycles. The summed E-state index contributed by atoms with van der Waals surface area (Å²) in [4.78, 5) is -0.657. The Bertz CT molecular complexity index is 2350. The van der Waals surface area contributed by atoms with Crippen LogP contribution in [0.25, 0.3) is 21.5 Å². The summed E-state index contributed by atoms with van der Waals surface area (Å²) in [5, 5.41) is 22.0. The molecule has 0 spiro atoms. The van der Waals surface area contributed by atoms with Gasteiger partial charge in [-0.15, -0.1) is 15.3 Å². The highest BCUT2D eigenvalue weighted by atomic mass is 32.2. The van der Waals surface area contributed by atoms with Crippen LogP contribution in [0.2, 0.25) is 0 Å². The Morgan fingerprint density at radius 2 is 1.11 bits per heavy atom. The molecule has 0 radical (unpaired) electrons. The quantitative estimate of drug-likeness (QED) is 0.110. The Hall–Kier alpha value is -5.34. The number of rotatable bonds is 8. The lowest BCUT2D eigenvalue weighted by molar-refractivity contribution is 0.481. The SMILES string of the molecule is O=S(=O)(O)c1ccc2c(N=Nc3ccccc3)ccc(N=Nc3ccc(Nc4ccccc4)c4c(S(=O)(=O)O)cccc34)c2c1. The fourth-order valence-corrected chi connectivity index (χ4v) is 6.02. The number of hydrogen-bond acceptors (Lipinski definition) is 9. The molecule has 45 heavy (non-hydrogen) atoms. The Morgan fingerprint density at radius 1 is 0.511 bits per heavy atom. The molecule has 0 bridgehead atoms. The third-order valence-corrected chi connectivity index (χ3v) is 8.59. The molecule has 3 N–H and O–H groups in total. The van der Waals surface area contributed by atoms with E-state index in [4.69, 9.17) is 0 Å². The number of anilines is 2. The molecule has 6 aromatic carbocycles. The fourth-order valence-electron chi connectivity index (χ4n) is 4.79. The standard InChI is InChI=1S/C32H23N5O6S2/c38-44(39,40)23-14-15-24-26(20-23)29(17-16-27(24)35-34-22-10-5-2-6-11-22)37-36-28-18-19-30(33-21-8-3-1-4-9-21)32-25(28)12-7-13-31(32)45(41,42)43/h1-20,33H,(H,38,39,40)(H,41,42,43). The molecule has 224 valence electrons. The van der Waals surface area contributed by atoms with E-state index in [1.54, 1.807) is 42.5 Å². The van der Waals surface area contributed by atoms with Crippen molar-refractivity contribution < 1.29 is 25.9 Å². The van der Waals surface area contributed by atoms with Crippen LogP contribution in [-0.2, 0) is 20.2 Å². The topological polar surface area (TPSA) is 170 Å². The summed E-state index contributed by atoms with van der Waals surface area (Å²) in [7, 11) is -9.16. The fraction of sp³-hybridized carbons (Fsp3) is 0. The molecule has 6 rings (SSSR count). The van der Waals surface area contributed by atoms with Gasteiger partial charge in [0.1, 0.15) is 4.90 Å². The highest BCUT2D eigenvalue weighted by Gasteiger charge is 2.19. The molecular formula is C32H23N5O6S2. The monoisotopic (exact) mass is 637 g/mol. The van der Waals surface area contributed by atoms with Gasteiger partial charge in [0.25, 0.3) is 20.2 Å². The van der Waals surface area contributed by atoms with Gasteiger partial charge in [0.05, 0.1) is 27.6 Å². The first-order valence-corrected chi connectivity index (χ1v) is 16.2. The van der Waals surface area contributed by atoms with Gasteiger partial charge >= 0.3 is 0 Å². The zero-order valence-corrected chi connectivity index (χ0v) is 24.8. The number of azo groups is 2. The van der Waals surface area contributed by atoms with Crippen LogP contribution in [-0.4, -0.2) is 25.9 Å². The molecule has 13 heteroatoms. The Kier molecular flexibility index (Phi) is 7.91. The second-order valence-electron chi connectivity index (χ2n) is 9.80. The molecule has 6 aromatic rings. The molecule has 0 saturated heterocycles. The summed E-state index contributed by atoms with van der Waals surface area (Å²) in [6.45, 7) is 0. The normalized spacial score (nSPS) is 12.4. The van der Waals surface area contributed by atoms with Gasteiger partial charge in [-0.05, 0) is 66.7 Å². The van der Waals surface area contributed by atoms with Crippen LogP contribution >= 0.6 is 0 Å². The Labute approximate surface area is 258 Å². The maximum Gasteiger partial charge on any atom is 0.295 e. The first kappa shape index (κ1) is 29.7. The van der Waals surface area contributed by atoms with Crippen LogP contribution in [0.5, 0.6) is 0 Å². The molecule has 0 fully saturated rings. The average Bonchev–Trinajstić information content (AvgIpc) is 3.03. The average molecular weight is 638 g/mol. The van der Waals surface area contributed by atoms with Crippen molar-refractivity contribution in [2.24, 2.45) is 20.5 Å². The van der Waals surface area contributed by atoms with Gasteiger partial charge in [0.15, 0.2) is 0 Å². The van der Waals surface area contributed by atoms with Crippen molar-refractivity contribution in [2.75, 3.05) is 5.32 Å². The number of fused-ring (bicyclic) bond motifs is 2. The first-order chi connectivity index (χ1) is 21.6. The van der Waals surface area contributed by atoms with Crippen molar-refractivity contribution in [1.29, 1.82) is 0 Å². The Balaban J connectivity index is 1.49. The van der Waals surface area contributed by atoms with Gasteiger partial charge in [-0.2, -0.15) is 21.9 Å². The smallest absolute Gasteiger partial charge is 0.295 e. The van der Waals surface area contributed by atoms with E-state index >= 15 is 0 Å². The molecule has 0 aliphatic heterocycles. The molecule has 0 aliphatic rings. The third kappa shape index (κ3) is 6.46. The van der Waals surface area contributed by atoms with Crippen molar-refractivity contribution in [3.63, 3.8) is 0 Å². The van der Waals surface area contributed by atoms with E-state index in [-0.39, 0.29) is 26.6 Å². The number of para-hydroxylation sites is 1. The summed E-state index contributed by atoms with van der Waals surface area (Å²) in [5.74, 6) is 0. The van der Waals surface area contributed by atoms with Gasteiger partial charge in [0, 0.05) is 32.9 Å². The Morgan fingerprint density at radius 3 is 1.78 bits per heavy atom. The summed E-state index contributed by atoms with van der Waals surface area (Å²) in [6, 6.07) is 33.1. The van der Waals surface area contributed by atoms with Crippen LogP contribution in [0, 0.1) is 0 Å². The van der Waals surface area contributed by atoms with E-state index in [2.05, 4.69) is 25.8 Å². The molecule has 0 unspecified atom stereocenters. The summed E-state index contributed by atoms with van der Waals surface area (Å²) >= 11 is 0. The number of hydrogen-bond donors (Lipinski definition) is 3. The van der Waals surface area contributed by atoms with Crippen molar-refractivity contribution in [1.82, 2.24) is 0 Å². The van der Waals surface area contributed by atoms with E-state index in [1.165, 1.54) is 30.3 Å². The molecule has 0 heterocycles. The minimum absolute atomic E-state index is 0.204. The number of nitrogens with one attached hydrogen (secondary N) is 1. The zero-order valence-electron chi connectivity index (χ0n) is 23.2. The minimum atomic E-state index is -4.62. The number of benzene rings is 6. The lowest BCUT2D eigenvalue weighted by Crippen LogP contribution is -2.01. The first-order valence-electron chi connectivity index (χ1n) is 13.4. The van der Waals surface area contributed by atoms with Crippen molar-refractivity contribution in [2.45, 2.75) is 9.79 Å². The molecule has 0 atom stereocenters. The highest BCUT2D eigenvalue weighted by molar-refractivity contribution is 7.86. The van der Waals surface area contributed by atoms with E-state index < -0.39 is 20.2 Å². The van der Waals surface area contributed by atoms with Crippen LogP contribution in [0.4, 0.5) is 34.1 Å². The molecule has 0 aliphatic carbocycles. The van der Waals surface area contributed by atoms with Gasteiger partial charge in [-0.25, -0.2) is 0 Å². The minimum Gasteiger partial charge on any atom is -0.355 e.